The maximum atomic E-state index is 13.2. The van der Waals surface area contributed by atoms with E-state index >= 15 is 0 Å². The van der Waals surface area contributed by atoms with E-state index in [0.29, 0.717) is 16.9 Å². The van der Waals surface area contributed by atoms with Gasteiger partial charge in [-0.05, 0) is 56.2 Å². The molecule has 2 heterocycles. The summed E-state index contributed by atoms with van der Waals surface area (Å²) >= 11 is 0. The Morgan fingerprint density at radius 2 is 1.53 bits per heavy atom. The second-order valence-corrected chi connectivity index (χ2v) is 10.9. The Bertz CT molecular complexity index is 1390. The molecule has 0 atom stereocenters. The SMILES string of the molecule is Cc1cc(C)c(-n2nc3nc(C(C)(C)C)ccc3c2NS(=O)(=O)c2ccccc2)c(C)c1. The van der Waals surface area contributed by atoms with E-state index in [9.17, 15) is 8.42 Å². The first kappa shape index (κ1) is 22.0. The molecule has 1 N–H and O–H groups in total. The second-order valence-electron chi connectivity index (χ2n) is 9.24. The molecule has 7 heteroatoms. The highest BCUT2D eigenvalue weighted by Gasteiger charge is 2.24. The van der Waals surface area contributed by atoms with Gasteiger partial charge in [0, 0.05) is 11.1 Å². The van der Waals surface area contributed by atoms with Gasteiger partial charge in [0.1, 0.15) is 0 Å². The summed E-state index contributed by atoms with van der Waals surface area (Å²) in [5.74, 6) is 0.381. The molecule has 2 aromatic carbocycles. The van der Waals surface area contributed by atoms with Crippen LogP contribution in [0.25, 0.3) is 16.7 Å². The van der Waals surface area contributed by atoms with Crippen LogP contribution in [0.15, 0.2) is 59.5 Å². The van der Waals surface area contributed by atoms with Crippen molar-refractivity contribution in [1.82, 2.24) is 14.8 Å². The first-order chi connectivity index (χ1) is 15.0. The molecule has 2 aromatic heterocycles. The van der Waals surface area contributed by atoms with Crippen molar-refractivity contribution in [3.63, 3.8) is 0 Å². The summed E-state index contributed by atoms with van der Waals surface area (Å²) < 4.78 is 30.9. The van der Waals surface area contributed by atoms with E-state index < -0.39 is 10.0 Å². The minimum Gasteiger partial charge on any atom is -0.263 e. The number of pyridine rings is 1. The molecule has 4 aromatic rings. The Balaban J connectivity index is 1.99. The van der Waals surface area contributed by atoms with Crippen LogP contribution in [0.4, 0.5) is 5.82 Å². The lowest BCUT2D eigenvalue weighted by atomic mass is 9.91. The molecule has 0 radical (unpaired) electrons. The van der Waals surface area contributed by atoms with E-state index in [1.165, 1.54) is 0 Å². The minimum absolute atomic E-state index is 0.155. The number of anilines is 1. The Kier molecular flexibility index (Phi) is 5.33. The van der Waals surface area contributed by atoms with Gasteiger partial charge in [-0.3, -0.25) is 4.72 Å². The smallest absolute Gasteiger partial charge is 0.263 e. The maximum Gasteiger partial charge on any atom is 0.263 e. The monoisotopic (exact) mass is 448 g/mol. The van der Waals surface area contributed by atoms with Crippen molar-refractivity contribution >= 4 is 26.9 Å². The molecule has 0 amide bonds. The van der Waals surface area contributed by atoms with Gasteiger partial charge in [0.2, 0.25) is 0 Å². The van der Waals surface area contributed by atoms with E-state index in [0.717, 1.165) is 28.1 Å². The van der Waals surface area contributed by atoms with Crippen molar-refractivity contribution in [2.45, 2.75) is 51.9 Å². The average Bonchev–Trinajstić information content (AvgIpc) is 3.04. The fourth-order valence-corrected chi connectivity index (χ4v) is 5.02. The van der Waals surface area contributed by atoms with Crippen molar-refractivity contribution in [3.8, 4) is 5.69 Å². The summed E-state index contributed by atoms with van der Waals surface area (Å²) in [6.07, 6.45) is 0. The predicted octanol–water partition coefficient (Wildman–Crippen LogP) is 5.44. The van der Waals surface area contributed by atoms with Crippen molar-refractivity contribution in [3.05, 3.63) is 77.0 Å². The van der Waals surface area contributed by atoms with Gasteiger partial charge >= 0.3 is 0 Å². The zero-order chi connectivity index (χ0) is 23.3. The fourth-order valence-electron chi connectivity index (χ4n) is 3.94. The van der Waals surface area contributed by atoms with Gasteiger partial charge in [0.25, 0.3) is 10.0 Å². The van der Waals surface area contributed by atoms with E-state index in [1.807, 2.05) is 32.9 Å². The van der Waals surface area contributed by atoms with Crippen molar-refractivity contribution in [2.75, 3.05) is 4.72 Å². The van der Waals surface area contributed by atoms with Crippen LogP contribution >= 0.6 is 0 Å². The van der Waals surface area contributed by atoms with Gasteiger partial charge in [0.05, 0.1) is 16.0 Å². The van der Waals surface area contributed by atoms with Gasteiger partial charge in [0.15, 0.2) is 11.5 Å². The van der Waals surface area contributed by atoms with Gasteiger partial charge in [-0.15, -0.1) is 5.10 Å². The van der Waals surface area contributed by atoms with Crippen molar-refractivity contribution in [2.24, 2.45) is 0 Å². The third-order valence-corrected chi connectivity index (χ3v) is 6.79. The van der Waals surface area contributed by atoms with Crippen LogP contribution in [0.3, 0.4) is 0 Å². The third-order valence-electron chi connectivity index (χ3n) is 5.44. The summed E-state index contributed by atoms with van der Waals surface area (Å²) in [6.45, 7) is 12.3. The number of nitrogens with zero attached hydrogens (tertiary/aromatic N) is 3. The predicted molar refractivity (Wildman–Crippen MR) is 129 cm³/mol. The zero-order valence-electron chi connectivity index (χ0n) is 19.3. The number of fused-ring (bicyclic) bond motifs is 1. The molecule has 0 spiro atoms. The second kappa shape index (κ2) is 7.74. The average molecular weight is 449 g/mol. The molecule has 0 aliphatic rings. The van der Waals surface area contributed by atoms with E-state index in [-0.39, 0.29) is 10.3 Å². The summed E-state index contributed by atoms with van der Waals surface area (Å²) in [6, 6.07) is 16.3. The van der Waals surface area contributed by atoms with Crippen LogP contribution in [0, 0.1) is 20.8 Å². The maximum absolute atomic E-state index is 13.2. The Morgan fingerprint density at radius 1 is 0.906 bits per heavy atom. The van der Waals surface area contributed by atoms with E-state index in [4.69, 9.17) is 10.1 Å². The summed E-state index contributed by atoms with van der Waals surface area (Å²) in [5, 5.41) is 5.41. The first-order valence-electron chi connectivity index (χ1n) is 10.5. The number of rotatable bonds is 4. The number of nitrogens with one attached hydrogen (secondary N) is 1. The highest BCUT2D eigenvalue weighted by atomic mass is 32.2. The Hall–Kier alpha value is -3.19. The van der Waals surface area contributed by atoms with Crippen LogP contribution in [0.1, 0.15) is 43.2 Å². The molecule has 166 valence electrons. The Morgan fingerprint density at radius 3 is 2.12 bits per heavy atom. The van der Waals surface area contributed by atoms with Crippen molar-refractivity contribution < 1.29 is 8.42 Å². The van der Waals surface area contributed by atoms with Gasteiger partial charge in [-0.1, -0.05) is 56.7 Å². The van der Waals surface area contributed by atoms with Crippen LogP contribution in [0.5, 0.6) is 0 Å². The van der Waals surface area contributed by atoms with Gasteiger partial charge in [-0.2, -0.15) is 0 Å². The van der Waals surface area contributed by atoms with Gasteiger partial charge in [-0.25, -0.2) is 18.1 Å². The highest BCUT2D eigenvalue weighted by Crippen LogP contribution is 2.32. The molecule has 0 bridgehead atoms. The fraction of sp³-hybridized carbons (Fsp3) is 0.280. The minimum atomic E-state index is -3.82. The standard InChI is InChI=1S/C25H28N4O2S/c1-16-14-17(2)22(18(3)15-16)29-24(28-32(30,31)19-10-8-7-9-11-19)20-12-13-21(25(4,5)6)26-23(20)27-29/h7-15,28H,1-6H3. The number of aromatic nitrogens is 3. The summed E-state index contributed by atoms with van der Waals surface area (Å²) in [5.41, 5.74) is 5.24. The summed E-state index contributed by atoms with van der Waals surface area (Å²) in [4.78, 5) is 4.96. The lowest BCUT2D eigenvalue weighted by Crippen LogP contribution is -2.17. The molecule has 0 saturated carbocycles. The zero-order valence-corrected chi connectivity index (χ0v) is 20.1. The van der Waals surface area contributed by atoms with Gasteiger partial charge < -0.3 is 0 Å². The van der Waals surface area contributed by atoms with Crippen LogP contribution in [-0.2, 0) is 15.4 Å². The molecule has 4 rings (SSSR count). The largest absolute Gasteiger partial charge is 0.263 e. The molecule has 0 saturated heterocycles. The molecule has 0 aliphatic carbocycles. The van der Waals surface area contributed by atoms with Crippen LogP contribution in [0.2, 0.25) is 0 Å². The quantitative estimate of drug-likeness (QED) is 0.451. The number of hydrogen-bond donors (Lipinski definition) is 1. The highest BCUT2D eigenvalue weighted by molar-refractivity contribution is 7.92. The first-order valence-corrected chi connectivity index (χ1v) is 12.0. The lowest BCUT2D eigenvalue weighted by Gasteiger charge is -2.17. The molecule has 32 heavy (non-hydrogen) atoms. The normalized spacial score (nSPS) is 12.3. The molecule has 0 fully saturated rings. The van der Waals surface area contributed by atoms with Crippen LogP contribution in [-0.4, -0.2) is 23.2 Å². The molecular weight excluding hydrogens is 420 g/mol. The third kappa shape index (κ3) is 4.00. The molecule has 0 aliphatic heterocycles. The number of aryl methyl sites for hydroxylation is 3. The van der Waals surface area contributed by atoms with E-state index in [2.05, 4.69) is 37.6 Å². The van der Waals surface area contributed by atoms with Crippen LogP contribution < -0.4 is 4.72 Å². The molecular formula is C25H28N4O2S. The number of hydrogen-bond acceptors (Lipinski definition) is 4. The number of sulfonamides is 1. The van der Waals surface area contributed by atoms with E-state index in [1.54, 1.807) is 35.0 Å². The topological polar surface area (TPSA) is 76.9 Å². The molecule has 0 unspecified atom stereocenters. The lowest BCUT2D eigenvalue weighted by molar-refractivity contribution is 0.571. The van der Waals surface area contributed by atoms with Crippen molar-refractivity contribution in [1.29, 1.82) is 0 Å². The summed E-state index contributed by atoms with van der Waals surface area (Å²) in [7, 11) is -3.82. The molecule has 6 nitrogen and oxygen atoms in total. The Labute approximate surface area is 189 Å². The number of benzene rings is 2.